The van der Waals surface area contributed by atoms with E-state index in [4.69, 9.17) is 10.0 Å². The summed E-state index contributed by atoms with van der Waals surface area (Å²) in [6.07, 6.45) is 0. The molecule has 0 fully saturated rings. The molecule has 0 aromatic heterocycles. The van der Waals surface area contributed by atoms with E-state index in [1.54, 1.807) is 24.3 Å². The number of hydrogen-bond acceptors (Lipinski definition) is 3. The molecule has 2 N–H and O–H groups in total. The van der Waals surface area contributed by atoms with E-state index >= 15 is 0 Å². The molecule has 1 aromatic carbocycles. The van der Waals surface area contributed by atoms with Crippen LogP contribution in [0.1, 0.15) is 0 Å². The van der Waals surface area contributed by atoms with Crippen LogP contribution in [0.3, 0.4) is 0 Å². The molecule has 5 heteroatoms. The summed E-state index contributed by atoms with van der Waals surface area (Å²) in [6, 6.07) is 8.59. The molecular formula is C7H10BKO3. The van der Waals surface area contributed by atoms with Crippen molar-refractivity contribution in [2.75, 3.05) is 0 Å². The van der Waals surface area contributed by atoms with Gasteiger partial charge in [-0.15, -0.1) is 0 Å². The zero-order valence-corrected chi connectivity index (χ0v) is 10.4. The summed E-state index contributed by atoms with van der Waals surface area (Å²) in [7, 11) is -1.73. The van der Waals surface area contributed by atoms with Gasteiger partial charge in [-0.1, -0.05) is 18.2 Å². The van der Waals surface area contributed by atoms with E-state index in [0.29, 0.717) is 5.75 Å². The molecule has 0 heterocycles. The van der Waals surface area contributed by atoms with E-state index in [0.717, 1.165) is 0 Å². The molecule has 3 nitrogen and oxygen atoms in total. The van der Waals surface area contributed by atoms with Gasteiger partial charge in [0, 0.05) is 0 Å². The molecule has 0 unspecified atom stereocenters. The summed E-state index contributed by atoms with van der Waals surface area (Å²) in [5.74, 6) is 0.442. The Bertz CT molecular complexity index is 193. The van der Waals surface area contributed by atoms with Crippen molar-refractivity contribution >= 4 is 7.32 Å². The third-order valence-corrected chi connectivity index (χ3v) is 0.985. The number of benzene rings is 1. The second kappa shape index (κ2) is 8.25. The zero-order valence-electron chi connectivity index (χ0n) is 7.27. The summed E-state index contributed by atoms with van der Waals surface area (Å²) in [5, 5.41) is 16.7. The summed E-state index contributed by atoms with van der Waals surface area (Å²) in [6.45, 7) is 0. The molecule has 1 rings (SSSR count). The number of para-hydroxylation sites is 1. The van der Waals surface area contributed by atoms with Gasteiger partial charge in [-0.3, -0.25) is 0 Å². The quantitative estimate of drug-likeness (QED) is 0.402. The molecule has 0 bridgehead atoms. The number of rotatable bonds is 2. The Morgan fingerprint density at radius 2 is 1.58 bits per heavy atom. The van der Waals surface area contributed by atoms with Crippen LogP contribution in [-0.2, 0) is 0 Å². The minimum Gasteiger partial charge on any atom is -0.512 e. The summed E-state index contributed by atoms with van der Waals surface area (Å²) in [5.41, 5.74) is 0. The Morgan fingerprint density at radius 1 is 1.08 bits per heavy atom. The molecule has 0 aliphatic heterocycles. The topological polar surface area (TPSA) is 49.7 Å². The molecule has 0 aliphatic rings. The van der Waals surface area contributed by atoms with Gasteiger partial charge >= 0.3 is 58.7 Å². The fourth-order valence-electron chi connectivity index (χ4n) is 0.621. The van der Waals surface area contributed by atoms with Crippen LogP contribution in [0.5, 0.6) is 5.75 Å². The summed E-state index contributed by atoms with van der Waals surface area (Å²) < 4.78 is 4.53. The van der Waals surface area contributed by atoms with Crippen molar-refractivity contribution in [2.24, 2.45) is 0 Å². The van der Waals surface area contributed by atoms with E-state index in [1.165, 1.54) is 0 Å². The molecule has 0 atom stereocenters. The molecule has 0 spiro atoms. The Kier molecular flexibility index (Phi) is 10.4. The normalized spacial score (nSPS) is 7.50. The van der Waals surface area contributed by atoms with Crippen LogP contribution in [0.2, 0.25) is 0 Å². The Balaban J connectivity index is 0. The van der Waals surface area contributed by atoms with Crippen LogP contribution in [-0.4, -0.2) is 17.4 Å². The molecular weight excluding hydrogens is 182 g/mol. The van der Waals surface area contributed by atoms with Crippen molar-refractivity contribution in [3.8, 4) is 5.75 Å². The molecule has 0 saturated carbocycles. The van der Waals surface area contributed by atoms with E-state index in [1.807, 2.05) is 6.07 Å². The third-order valence-electron chi connectivity index (χ3n) is 0.985. The molecule has 60 valence electrons. The molecule has 0 radical (unpaired) electrons. The monoisotopic (exact) mass is 192 g/mol. The van der Waals surface area contributed by atoms with Crippen LogP contribution >= 0.6 is 0 Å². The van der Waals surface area contributed by atoms with Gasteiger partial charge in [0.2, 0.25) is 0 Å². The van der Waals surface area contributed by atoms with Crippen molar-refractivity contribution < 1.29 is 66.1 Å². The molecule has 0 amide bonds. The van der Waals surface area contributed by atoms with Crippen molar-refractivity contribution in [2.45, 2.75) is 0 Å². The minimum absolute atomic E-state index is 0. The van der Waals surface area contributed by atoms with E-state index < -0.39 is 7.32 Å². The van der Waals surface area contributed by atoms with E-state index in [2.05, 4.69) is 4.65 Å². The van der Waals surface area contributed by atoms with Gasteiger partial charge in [-0.2, -0.15) is 0 Å². The smallest absolute Gasteiger partial charge is 0.512 e. The van der Waals surface area contributed by atoms with Gasteiger partial charge < -0.3 is 22.1 Å². The molecule has 12 heavy (non-hydrogen) atoms. The van der Waals surface area contributed by atoms with Crippen molar-refractivity contribution in [3.63, 3.8) is 0 Å². The third kappa shape index (κ3) is 6.19. The van der Waals surface area contributed by atoms with Gasteiger partial charge in [-0.25, -0.2) is 0 Å². The first-order valence-electron chi connectivity index (χ1n) is 2.87. The van der Waals surface area contributed by atoms with Gasteiger partial charge in [0.15, 0.2) is 0 Å². The van der Waals surface area contributed by atoms with Crippen LogP contribution in [0.25, 0.3) is 0 Å². The van der Waals surface area contributed by atoms with Gasteiger partial charge in [-0.05, 0) is 12.1 Å². The van der Waals surface area contributed by atoms with Crippen molar-refractivity contribution in [1.29, 1.82) is 0 Å². The average molecular weight is 192 g/mol. The Hall–Kier alpha value is 0.641. The predicted octanol–water partition coefficient (Wildman–Crippen LogP) is -2.51. The maximum Gasteiger partial charge on any atom is 1.00 e. The molecule has 1 aromatic rings. The van der Waals surface area contributed by atoms with Crippen LogP contribution in [0.15, 0.2) is 30.3 Å². The maximum atomic E-state index is 8.34. The van der Waals surface area contributed by atoms with Gasteiger partial charge in [0.1, 0.15) is 5.75 Å². The molecule has 0 saturated heterocycles. The van der Waals surface area contributed by atoms with E-state index in [9.17, 15) is 0 Å². The van der Waals surface area contributed by atoms with Gasteiger partial charge in [0.25, 0.3) is 0 Å². The first kappa shape index (κ1) is 15.1. The van der Waals surface area contributed by atoms with E-state index in [-0.39, 0.29) is 58.8 Å². The molecule has 0 aliphatic carbocycles. The SMILES string of the molecule is OB(O)Oc1ccccc1.[CH3-].[K+]. The average Bonchev–Trinajstić information content (AvgIpc) is 1.88. The summed E-state index contributed by atoms with van der Waals surface area (Å²) in [4.78, 5) is 0. The van der Waals surface area contributed by atoms with Crippen LogP contribution in [0.4, 0.5) is 0 Å². The second-order valence-electron chi connectivity index (χ2n) is 1.76. The van der Waals surface area contributed by atoms with Crippen molar-refractivity contribution in [1.82, 2.24) is 0 Å². The Morgan fingerprint density at radius 3 is 2.00 bits per heavy atom. The fourth-order valence-corrected chi connectivity index (χ4v) is 0.621. The van der Waals surface area contributed by atoms with Crippen LogP contribution < -0.4 is 56.0 Å². The first-order chi connectivity index (χ1) is 4.79. The maximum absolute atomic E-state index is 8.34. The van der Waals surface area contributed by atoms with Gasteiger partial charge in [0.05, 0.1) is 0 Å². The predicted molar refractivity (Wildman–Crippen MR) is 43.7 cm³/mol. The minimum atomic E-state index is -1.73. The first-order valence-corrected chi connectivity index (χ1v) is 2.87. The van der Waals surface area contributed by atoms with Crippen LogP contribution in [0, 0.1) is 7.43 Å². The van der Waals surface area contributed by atoms with Crippen molar-refractivity contribution in [3.05, 3.63) is 37.8 Å². The standard InChI is InChI=1S/C6H7BO3.CH3.K/c8-7(9)10-6-4-2-1-3-5-6;;/h1-5,8-9H;1H3;/q;-1;+1. The number of hydrogen-bond donors (Lipinski definition) is 2. The Labute approximate surface area is 115 Å². The largest absolute Gasteiger partial charge is 1.00 e. The summed E-state index contributed by atoms with van der Waals surface area (Å²) >= 11 is 0. The zero-order chi connectivity index (χ0) is 7.40. The second-order valence-corrected chi connectivity index (χ2v) is 1.76. The fraction of sp³-hybridized carbons (Fsp3) is 0.